The van der Waals surface area contributed by atoms with Crippen LogP contribution in [0.2, 0.25) is 0 Å². The SMILES string of the molecule is CCCC(CBr)(CCC)COc1ccc(S(C)(=O)=O)cc1. The Morgan fingerprint density at radius 3 is 2.00 bits per heavy atom. The first kappa shape index (κ1) is 18.5. The highest BCUT2D eigenvalue weighted by atomic mass is 79.9. The van der Waals surface area contributed by atoms with Crippen LogP contribution in [0.25, 0.3) is 0 Å². The minimum Gasteiger partial charge on any atom is -0.493 e. The third kappa shape index (κ3) is 5.62. The maximum Gasteiger partial charge on any atom is 0.175 e. The van der Waals surface area contributed by atoms with Gasteiger partial charge in [0.1, 0.15) is 5.75 Å². The van der Waals surface area contributed by atoms with Gasteiger partial charge in [0.15, 0.2) is 9.84 Å². The van der Waals surface area contributed by atoms with E-state index in [0.29, 0.717) is 11.5 Å². The van der Waals surface area contributed by atoms with E-state index in [4.69, 9.17) is 4.74 Å². The monoisotopic (exact) mass is 376 g/mol. The van der Waals surface area contributed by atoms with Gasteiger partial charge in [0.25, 0.3) is 0 Å². The van der Waals surface area contributed by atoms with Crippen LogP contribution in [0.4, 0.5) is 0 Å². The summed E-state index contributed by atoms with van der Waals surface area (Å²) in [5.74, 6) is 0.722. The second-order valence-corrected chi connectivity index (χ2v) is 8.24. The van der Waals surface area contributed by atoms with Crippen molar-refractivity contribution < 1.29 is 13.2 Å². The van der Waals surface area contributed by atoms with E-state index in [9.17, 15) is 8.42 Å². The largest absolute Gasteiger partial charge is 0.493 e. The molecule has 0 spiro atoms. The van der Waals surface area contributed by atoms with Crippen molar-refractivity contribution in [1.29, 1.82) is 0 Å². The molecule has 0 aliphatic rings. The Morgan fingerprint density at radius 1 is 1.10 bits per heavy atom. The number of benzene rings is 1. The summed E-state index contributed by atoms with van der Waals surface area (Å²) in [5.41, 5.74) is 0.152. The number of rotatable bonds is 9. The molecule has 0 atom stereocenters. The fraction of sp³-hybridized carbons (Fsp3) is 0.625. The lowest BCUT2D eigenvalue weighted by molar-refractivity contribution is 0.144. The van der Waals surface area contributed by atoms with Crippen LogP contribution in [0.1, 0.15) is 39.5 Å². The summed E-state index contributed by atoms with van der Waals surface area (Å²) in [6.45, 7) is 5.03. The summed E-state index contributed by atoms with van der Waals surface area (Å²) in [7, 11) is -3.15. The lowest BCUT2D eigenvalue weighted by Gasteiger charge is -2.31. The van der Waals surface area contributed by atoms with E-state index in [0.717, 1.165) is 36.8 Å². The molecule has 0 fully saturated rings. The Labute approximate surface area is 137 Å². The maximum absolute atomic E-state index is 11.4. The minimum atomic E-state index is -3.15. The van der Waals surface area contributed by atoms with Crippen LogP contribution >= 0.6 is 15.9 Å². The van der Waals surface area contributed by atoms with Gasteiger partial charge in [0.2, 0.25) is 0 Å². The summed E-state index contributed by atoms with van der Waals surface area (Å²) in [6, 6.07) is 6.65. The third-order valence-corrected chi connectivity index (χ3v) is 5.96. The topological polar surface area (TPSA) is 43.4 Å². The molecule has 0 saturated carbocycles. The minimum absolute atomic E-state index is 0.152. The molecule has 0 heterocycles. The van der Waals surface area contributed by atoms with Gasteiger partial charge in [-0.15, -0.1) is 0 Å². The molecule has 1 aromatic rings. The van der Waals surface area contributed by atoms with E-state index >= 15 is 0 Å². The zero-order valence-electron chi connectivity index (χ0n) is 13.1. The number of ether oxygens (including phenoxy) is 1. The zero-order chi connectivity index (χ0) is 15.9. The normalized spacial score (nSPS) is 12.4. The lowest BCUT2D eigenvalue weighted by atomic mass is 9.82. The van der Waals surface area contributed by atoms with E-state index in [1.807, 2.05) is 0 Å². The van der Waals surface area contributed by atoms with Crippen molar-refractivity contribution in [3.05, 3.63) is 24.3 Å². The van der Waals surface area contributed by atoms with E-state index in [1.165, 1.54) is 6.26 Å². The van der Waals surface area contributed by atoms with Gasteiger partial charge in [-0.25, -0.2) is 8.42 Å². The Morgan fingerprint density at radius 2 is 1.62 bits per heavy atom. The van der Waals surface area contributed by atoms with Gasteiger partial charge in [0.05, 0.1) is 11.5 Å². The Hall–Kier alpha value is -0.550. The molecule has 0 radical (unpaired) electrons. The standard InChI is InChI=1S/C16H25BrO3S/c1-4-10-16(12-17,11-5-2)13-20-14-6-8-15(9-7-14)21(3,18)19/h6-9H,4-5,10-13H2,1-3H3. The molecule has 5 heteroatoms. The highest BCUT2D eigenvalue weighted by Crippen LogP contribution is 2.33. The molecule has 0 bridgehead atoms. The van der Waals surface area contributed by atoms with E-state index < -0.39 is 9.84 Å². The van der Waals surface area contributed by atoms with Crippen LogP contribution < -0.4 is 4.74 Å². The quantitative estimate of drug-likeness (QED) is 0.597. The molecule has 0 aromatic heterocycles. The number of hydrogen-bond donors (Lipinski definition) is 0. The predicted octanol–water partition coefficient (Wildman–Crippen LogP) is 4.45. The molecule has 0 aliphatic carbocycles. The van der Waals surface area contributed by atoms with Gasteiger partial charge in [-0.3, -0.25) is 0 Å². The third-order valence-electron chi connectivity index (χ3n) is 3.64. The fourth-order valence-corrected chi connectivity index (χ4v) is 3.87. The van der Waals surface area contributed by atoms with E-state index in [2.05, 4.69) is 29.8 Å². The molecule has 21 heavy (non-hydrogen) atoms. The maximum atomic E-state index is 11.4. The summed E-state index contributed by atoms with van der Waals surface area (Å²) >= 11 is 3.63. The van der Waals surface area contributed by atoms with Crippen molar-refractivity contribution >= 4 is 25.8 Å². The molecule has 3 nitrogen and oxygen atoms in total. The van der Waals surface area contributed by atoms with Crippen molar-refractivity contribution in [3.8, 4) is 5.75 Å². The number of hydrogen-bond acceptors (Lipinski definition) is 3. The van der Waals surface area contributed by atoms with Crippen LogP contribution in [0.5, 0.6) is 5.75 Å². The Bertz CT molecular complexity index is 517. The van der Waals surface area contributed by atoms with Crippen molar-refractivity contribution in [2.45, 2.75) is 44.4 Å². The Kier molecular flexibility index (Phi) is 7.21. The van der Waals surface area contributed by atoms with Crippen molar-refractivity contribution in [2.75, 3.05) is 18.2 Å². The van der Waals surface area contributed by atoms with E-state index in [-0.39, 0.29) is 5.41 Å². The summed E-state index contributed by atoms with van der Waals surface area (Å²) in [6.07, 6.45) is 5.70. The lowest BCUT2D eigenvalue weighted by Crippen LogP contribution is -2.30. The van der Waals surface area contributed by atoms with Gasteiger partial charge in [0, 0.05) is 17.0 Å². The molecule has 0 saturated heterocycles. The van der Waals surface area contributed by atoms with Crippen LogP contribution in [-0.4, -0.2) is 26.6 Å². The molecule has 0 unspecified atom stereocenters. The van der Waals surface area contributed by atoms with E-state index in [1.54, 1.807) is 24.3 Å². The average Bonchev–Trinajstić information content (AvgIpc) is 2.45. The summed E-state index contributed by atoms with van der Waals surface area (Å²) in [5, 5.41) is 0.920. The first-order chi connectivity index (χ1) is 9.87. The predicted molar refractivity (Wildman–Crippen MR) is 91.1 cm³/mol. The van der Waals surface area contributed by atoms with Crippen molar-refractivity contribution in [3.63, 3.8) is 0 Å². The second-order valence-electron chi connectivity index (χ2n) is 5.67. The van der Waals surface area contributed by atoms with Gasteiger partial charge < -0.3 is 4.74 Å². The molecule has 120 valence electrons. The number of halogens is 1. The first-order valence-electron chi connectivity index (χ1n) is 7.36. The van der Waals surface area contributed by atoms with Crippen LogP contribution in [0.3, 0.4) is 0 Å². The van der Waals surface area contributed by atoms with Gasteiger partial charge >= 0.3 is 0 Å². The van der Waals surface area contributed by atoms with Crippen LogP contribution in [0, 0.1) is 5.41 Å². The zero-order valence-corrected chi connectivity index (χ0v) is 15.5. The Balaban J connectivity index is 2.76. The molecule has 0 amide bonds. The number of sulfone groups is 1. The van der Waals surface area contributed by atoms with Gasteiger partial charge in [-0.05, 0) is 37.1 Å². The smallest absolute Gasteiger partial charge is 0.175 e. The van der Waals surface area contributed by atoms with Crippen LogP contribution in [-0.2, 0) is 9.84 Å². The molecular formula is C16H25BrO3S. The van der Waals surface area contributed by atoms with Crippen LogP contribution in [0.15, 0.2) is 29.2 Å². The van der Waals surface area contributed by atoms with Crippen molar-refractivity contribution in [1.82, 2.24) is 0 Å². The molecular weight excluding hydrogens is 352 g/mol. The first-order valence-corrected chi connectivity index (χ1v) is 10.4. The highest BCUT2D eigenvalue weighted by Gasteiger charge is 2.28. The molecule has 1 rings (SSSR count). The molecule has 1 aromatic carbocycles. The fourth-order valence-electron chi connectivity index (χ4n) is 2.52. The average molecular weight is 377 g/mol. The van der Waals surface area contributed by atoms with Gasteiger partial charge in [-0.2, -0.15) is 0 Å². The molecule has 0 aliphatic heterocycles. The highest BCUT2D eigenvalue weighted by molar-refractivity contribution is 9.09. The van der Waals surface area contributed by atoms with Gasteiger partial charge in [-0.1, -0.05) is 42.6 Å². The second kappa shape index (κ2) is 8.18. The number of alkyl halides is 1. The summed E-state index contributed by atoms with van der Waals surface area (Å²) < 4.78 is 28.8. The molecule has 0 N–H and O–H groups in total. The van der Waals surface area contributed by atoms with Crippen molar-refractivity contribution in [2.24, 2.45) is 5.41 Å². The summed E-state index contributed by atoms with van der Waals surface area (Å²) in [4.78, 5) is 0.323.